The molecule has 0 heterocycles. The van der Waals surface area contributed by atoms with Gasteiger partial charge in [0.05, 0.1) is 12.2 Å². The first kappa shape index (κ1) is 22.2. The van der Waals surface area contributed by atoms with Gasteiger partial charge in [-0.15, -0.1) is 12.4 Å². The first-order valence-electron chi connectivity index (χ1n) is 7.67. The van der Waals surface area contributed by atoms with Gasteiger partial charge in [0.25, 0.3) is 0 Å². The summed E-state index contributed by atoms with van der Waals surface area (Å²) in [5.41, 5.74) is 4.71. The van der Waals surface area contributed by atoms with Crippen LogP contribution in [0.25, 0.3) is 0 Å². The summed E-state index contributed by atoms with van der Waals surface area (Å²) < 4.78 is 17.8. The van der Waals surface area contributed by atoms with Gasteiger partial charge in [-0.25, -0.2) is 9.18 Å². The van der Waals surface area contributed by atoms with Crippen LogP contribution in [-0.2, 0) is 16.0 Å². The minimum atomic E-state index is -1.74. The van der Waals surface area contributed by atoms with E-state index in [0.29, 0.717) is 5.56 Å². The summed E-state index contributed by atoms with van der Waals surface area (Å²) in [5, 5.41) is 28.2. The van der Waals surface area contributed by atoms with Crippen molar-refractivity contribution in [3.05, 3.63) is 59.4 Å². The Morgan fingerprint density at radius 3 is 2.26 bits per heavy atom. The maximum absolute atomic E-state index is 12.8. The van der Waals surface area contributed by atoms with Gasteiger partial charge in [-0.1, -0.05) is 6.07 Å². The van der Waals surface area contributed by atoms with Crippen LogP contribution >= 0.6 is 12.4 Å². The minimum absolute atomic E-state index is 0. The summed E-state index contributed by atoms with van der Waals surface area (Å²) in [6.45, 7) is -0.261. The van der Waals surface area contributed by atoms with E-state index in [1.165, 1.54) is 30.3 Å². The molecule has 0 aliphatic carbocycles. The van der Waals surface area contributed by atoms with Crippen LogP contribution in [0.4, 0.5) is 4.39 Å². The molecule has 1 atom stereocenters. The van der Waals surface area contributed by atoms with Gasteiger partial charge in [-0.3, -0.25) is 4.79 Å². The van der Waals surface area contributed by atoms with Crippen LogP contribution in [0.2, 0.25) is 0 Å². The van der Waals surface area contributed by atoms with Crippen molar-refractivity contribution in [2.75, 3.05) is 6.61 Å². The van der Waals surface area contributed by atoms with Crippen LogP contribution in [0.5, 0.6) is 11.5 Å². The molecule has 0 saturated carbocycles. The summed E-state index contributed by atoms with van der Waals surface area (Å²) in [5.74, 6) is -3.24. The fraction of sp³-hybridized carbons (Fsp3) is 0.222. The van der Waals surface area contributed by atoms with Gasteiger partial charge in [0.1, 0.15) is 11.4 Å². The number of rotatable bonds is 7. The number of esters is 1. The van der Waals surface area contributed by atoms with E-state index in [1.807, 2.05) is 0 Å². The van der Waals surface area contributed by atoms with Gasteiger partial charge in [0, 0.05) is 12.8 Å². The third-order valence-electron chi connectivity index (χ3n) is 3.85. The normalized spacial score (nSPS) is 12.5. The molecule has 0 bridgehead atoms. The van der Waals surface area contributed by atoms with E-state index >= 15 is 0 Å². The zero-order valence-electron chi connectivity index (χ0n) is 14.1. The van der Waals surface area contributed by atoms with E-state index in [-0.39, 0.29) is 43.2 Å². The highest BCUT2D eigenvalue weighted by molar-refractivity contribution is 5.89. The van der Waals surface area contributed by atoms with E-state index < -0.39 is 29.0 Å². The van der Waals surface area contributed by atoms with Crippen molar-refractivity contribution in [3.8, 4) is 11.5 Å². The average molecular weight is 400 g/mol. The van der Waals surface area contributed by atoms with Crippen molar-refractivity contribution in [2.45, 2.75) is 18.4 Å². The molecule has 0 saturated heterocycles. The molecule has 0 amide bonds. The van der Waals surface area contributed by atoms with Crippen molar-refractivity contribution in [3.63, 3.8) is 0 Å². The minimum Gasteiger partial charge on any atom is -0.504 e. The second kappa shape index (κ2) is 9.20. The monoisotopic (exact) mass is 399 g/mol. The molecule has 27 heavy (non-hydrogen) atoms. The number of phenols is 2. The first-order chi connectivity index (χ1) is 12.2. The molecule has 9 heteroatoms. The largest absolute Gasteiger partial charge is 0.504 e. The number of nitrogens with two attached hydrogens (primary N) is 1. The molecule has 7 nitrogen and oxygen atoms in total. The van der Waals surface area contributed by atoms with Crippen LogP contribution in [0.1, 0.15) is 22.3 Å². The van der Waals surface area contributed by atoms with Crippen molar-refractivity contribution in [1.82, 2.24) is 0 Å². The number of hydrogen-bond donors (Lipinski definition) is 4. The van der Waals surface area contributed by atoms with E-state index in [4.69, 9.17) is 10.5 Å². The maximum atomic E-state index is 12.8. The molecule has 146 valence electrons. The molecule has 2 rings (SSSR count). The Kier molecular flexibility index (Phi) is 7.56. The summed E-state index contributed by atoms with van der Waals surface area (Å²) in [7, 11) is 0. The Morgan fingerprint density at radius 2 is 1.70 bits per heavy atom. The van der Waals surface area contributed by atoms with Gasteiger partial charge in [0.2, 0.25) is 0 Å². The zero-order valence-corrected chi connectivity index (χ0v) is 14.9. The number of carbonyl (C=O) groups excluding carboxylic acids is 1. The highest BCUT2D eigenvalue weighted by Crippen LogP contribution is 2.27. The van der Waals surface area contributed by atoms with Gasteiger partial charge < -0.3 is 25.8 Å². The predicted molar refractivity (Wildman–Crippen MR) is 96.6 cm³/mol. The zero-order chi connectivity index (χ0) is 19.3. The topological polar surface area (TPSA) is 130 Å². The van der Waals surface area contributed by atoms with Gasteiger partial charge >= 0.3 is 11.9 Å². The van der Waals surface area contributed by atoms with Gasteiger partial charge in [-0.05, 0) is 42.0 Å². The molecule has 2 aromatic rings. The molecule has 0 aliphatic rings. The molecular weight excluding hydrogens is 381 g/mol. The number of halogens is 2. The lowest BCUT2D eigenvalue weighted by atomic mass is 9.89. The summed E-state index contributed by atoms with van der Waals surface area (Å²) in [6.07, 6.45) is -0.332. The smallest absolute Gasteiger partial charge is 0.338 e. The Hall–Kier alpha value is -2.84. The number of hydrogen-bond acceptors (Lipinski definition) is 6. The standard InChI is InChI=1S/C18H18FNO6.ClH/c19-13-4-2-12(3-5-13)16(23)26-8-7-18(20,17(24)25)10-11-1-6-14(21)15(22)9-11;/h1-6,9,21-22H,7-8,10,20H2,(H,24,25);1H/t18-;/m1./s1. The lowest BCUT2D eigenvalue weighted by Crippen LogP contribution is -2.50. The van der Waals surface area contributed by atoms with Gasteiger partial charge in [-0.2, -0.15) is 0 Å². The Bertz CT molecular complexity index is 814. The first-order valence-corrected chi connectivity index (χ1v) is 7.67. The fourth-order valence-corrected chi connectivity index (χ4v) is 2.31. The maximum Gasteiger partial charge on any atom is 0.338 e. The molecule has 5 N–H and O–H groups in total. The summed E-state index contributed by atoms with van der Waals surface area (Å²) >= 11 is 0. The number of carboxylic acid groups (broad SMARTS) is 1. The van der Waals surface area contributed by atoms with Crippen LogP contribution in [0.3, 0.4) is 0 Å². The van der Waals surface area contributed by atoms with E-state index in [9.17, 15) is 29.3 Å². The van der Waals surface area contributed by atoms with Crippen molar-refractivity contribution in [2.24, 2.45) is 5.73 Å². The third kappa shape index (κ3) is 5.83. The molecule has 0 fully saturated rings. The Labute approximate surface area is 160 Å². The summed E-state index contributed by atoms with van der Waals surface area (Å²) in [4.78, 5) is 23.4. The fourth-order valence-electron chi connectivity index (χ4n) is 2.31. The average Bonchev–Trinajstić information content (AvgIpc) is 2.58. The van der Waals surface area contributed by atoms with Crippen LogP contribution in [0, 0.1) is 5.82 Å². The molecule has 0 unspecified atom stereocenters. The van der Waals surface area contributed by atoms with Crippen LogP contribution in [0.15, 0.2) is 42.5 Å². The Balaban J connectivity index is 0.00000364. The molecule has 2 aromatic carbocycles. The number of aliphatic carboxylic acids is 1. The second-order valence-corrected chi connectivity index (χ2v) is 5.85. The molecule has 0 radical (unpaired) electrons. The van der Waals surface area contributed by atoms with E-state index in [2.05, 4.69) is 0 Å². The molecule has 0 spiro atoms. The van der Waals surface area contributed by atoms with Crippen molar-refractivity contribution in [1.29, 1.82) is 0 Å². The quantitative estimate of drug-likeness (QED) is 0.415. The van der Waals surface area contributed by atoms with Crippen molar-refractivity contribution < 1.29 is 34.0 Å². The molecule has 0 aromatic heterocycles. The second-order valence-electron chi connectivity index (χ2n) is 5.85. The SMILES string of the molecule is Cl.N[C@](CCOC(=O)c1ccc(F)cc1)(Cc1ccc(O)c(O)c1)C(=O)O. The highest BCUT2D eigenvalue weighted by Gasteiger charge is 2.34. The number of aromatic hydroxyl groups is 2. The highest BCUT2D eigenvalue weighted by atomic mass is 35.5. The van der Waals surface area contributed by atoms with E-state index in [0.717, 1.165) is 12.1 Å². The number of phenolic OH excluding ortho intramolecular Hbond substituents is 2. The lowest BCUT2D eigenvalue weighted by Gasteiger charge is -2.24. The number of ether oxygens (including phenoxy) is 1. The predicted octanol–water partition coefficient (Wildman–Crippen LogP) is 2.23. The number of carbonyl (C=O) groups is 2. The molecular formula is C18H19ClFNO6. The van der Waals surface area contributed by atoms with Crippen LogP contribution < -0.4 is 5.73 Å². The summed E-state index contributed by atoms with van der Waals surface area (Å²) in [6, 6.07) is 8.60. The lowest BCUT2D eigenvalue weighted by molar-refractivity contribution is -0.144. The van der Waals surface area contributed by atoms with Crippen LogP contribution in [-0.4, -0.2) is 39.4 Å². The van der Waals surface area contributed by atoms with Crippen molar-refractivity contribution >= 4 is 24.3 Å². The number of benzene rings is 2. The van der Waals surface area contributed by atoms with E-state index in [1.54, 1.807) is 0 Å². The molecule has 0 aliphatic heterocycles. The Morgan fingerprint density at radius 1 is 1.07 bits per heavy atom. The van der Waals surface area contributed by atoms with Gasteiger partial charge in [0.15, 0.2) is 11.5 Å². The number of carboxylic acids is 1. The third-order valence-corrected chi connectivity index (χ3v) is 3.85.